The van der Waals surface area contributed by atoms with Crippen LogP contribution in [0.2, 0.25) is 0 Å². The number of nitrogens with one attached hydrogen (secondary N) is 1. The molecule has 0 spiro atoms. The Kier molecular flexibility index (Phi) is 9.02. The quantitative estimate of drug-likeness (QED) is 0.184. The highest BCUT2D eigenvalue weighted by Crippen LogP contribution is 2.17. The monoisotopic (exact) mass is 485 g/mol. The number of anilines is 1. The average molecular weight is 486 g/mol. The Balaban J connectivity index is 1.12. The number of nitrogens with two attached hydrogens (primary N) is 2. The lowest BCUT2D eigenvalue weighted by atomic mass is 10.2. The molecule has 186 valence electrons. The molecule has 0 unspecified atom stereocenters. The molecule has 0 aliphatic rings. The number of hydrogen-bond donors (Lipinski definition) is 3. The predicted octanol–water partition coefficient (Wildman–Crippen LogP) is 4.85. The van der Waals surface area contributed by atoms with Gasteiger partial charge in [0.1, 0.15) is 23.0 Å². The van der Waals surface area contributed by atoms with Crippen LogP contribution in [0, 0.1) is 0 Å². The van der Waals surface area contributed by atoms with Gasteiger partial charge in [-0.15, -0.1) is 0 Å². The van der Waals surface area contributed by atoms with Gasteiger partial charge in [-0.1, -0.05) is 36.4 Å². The average Bonchev–Trinajstić information content (AvgIpc) is 2.92. The summed E-state index contributed by atoms with van der Waals surface area (Å²) in [5.41, 5.74) is 15.4. The Morgan fingerprint density at radius 1 is 0.472 bits per heavy atom. The molecular weight excluding hydrogens is 454 g/mol. The van der Waals surface area contributed by atoms with E-state index in [-0.39, 0.29) is 13.6 Å². The molecule has 0 bridgehead atoms. The highest BCUT2D eigenvalue weighted by Gasteiger charge is 2.00. The molecule has 0 radical (unpaired) electrons. The molecule has 0 atom stereocenters. The molecule has 4 rings (SSSR count). The van der Waals surface area contributed by atoms with Gasteiger partial charge in [-0.2, -0.15) is 0 Å². The lowest BCUT2D eigenvalue weighted by Gasteiger charge is -2.11. The SMILES string of the molecule is NCc1ccc(OCOc2ccc(CNCc3ccc(OCOc4ccc(N)cc4)cc3)cc2)cc1. The van der Waals surface area contributed by atoms with E-state index in [0.717, 1.165) is 35.9 Å². The van der Waals surface area contributed by atoms with Crippen LogP contribution in [0.4, 0.5) is 5.69 Å². The first-order valence-electron chi connectivity index (χ1n) is 11.7. The van der Waals surface area contributed by atoms with Gasteiger partial charge in [0.05, 0.1) is 0 Å². The molecular formula is C29H31N3O4. The van der Waals surface area contributed by atoms with E-state index in [2.05, 4.69) is 5.32 Å². The maximum atomic E-state index is 5.67. The van der Waals surface area contributed by atoms with Crippen molar-refractivity contribution < 1.29 is 18.9 Å². The van der Waals surface area contributed by atoms with Gasteiger partial charge < -0.3 is 35.7 Å². The smallest absolute Gasteiger partial charge is 0.230 e. The van der Waals surface area contributed by atoms with E-state index in [1.807, 2.05) is 84.9 Å². The second kappa shape index (κ2) is 13.0. The topological polar surface area (TPSA) is 101 Å². The summed E-state index contributed by atoms with van der Waals surface area (Å²) in [6.07, 6.45) is 0. The van der Waals surface area contributed by atoms with E-state index in [0.29, 0.717) is 18.0 Å². The third-order valence-corrected chi connectivity index (χ3v) is 5.45. The molecule has 7 nitrogen and oxygen atoms in total. The first kappa shape index (κ1) is 24.9. The van der Waals surface area contributed by atoms with Gasteiger partial charge in [-0.25, -0.2) is 0 Å². The van der Waals surface area contributed by atoms with Crippen molar-refractivity contribution in [1.29, 1.82) is 0 Å². The summed E-state index contributed by atoms with van der Waals surface area (Å²) >= 11 is 0. The molecule has 0 aliphatic heterocycles. The Hall–Kier alpha value is -4.20. The first-order valence-corrected chi connectivity index (χ1v) is 11.7. The Bertz CT molecular complexity index is 1180. The van der Waals surface area contributed by atoms with Gasteiger partial charge in [0.15, 0.2) is 0 Å². The molecule has 36 heavy (non-hydrogen) atoms. The summed E-state index contributed by atoms with van der Waals surface area (Å²) < 4.78 is 22.5. The summed E-state index contributed by atoms with van der Waals surface area (Å²) in [5.74, 6) is 2.97. The predicted molar refractivity (Wildman–Crippen MR) is 141 cm³/mol. The van der Waals surface area contributed by atoms with Crippen molar-refractivity contribution in [2.45, 2.75) is 19.6 Å². The van der Waals surface area contributed by atoms with E-state index < -0.39 is 0 Å². The van der Waals surface area contributed by atoms with E-state index in [4.69, 9.17) is 30.4 Å². The molecule has 0 saturated carbocycles. The zero-order chi connectivity index (χ0) is 25.0. The van der Waals surface area contributed by atoms with E-state index >= 15 is 0 Å². The van der Waals surface area contributed by atoms with Crippen molar-refractivity contribution >= 4 is 5.69 Å². The minimum absolute atomic E-state index is 0.134. The van der Waals surface area contributed by atoms with Crippen LogP contribution in [0.1, 0.15) is 16.7 Å². The summed E-state index contributed by atoms with van der Waals surface area (Å²) in [6, 6.07) is 30.8. The molecule has 0 aliphatic carbocycles. The molecule has 7 heteroatoms. The minimum Gasteiger partial charge on any atom is -0.458 e. The second-order valence-corrected chi connectivity index (χ2v) is 8.12. The standard InChI is InChI=1S/C29H31N3O4/c30-17-22-1-9-26(10-2-22)33-20-34-27-11-3-23(4-12-27)18-32-19-24-5-13-28(14-6-24)35-21-36-29-15-7-25(31)8-16-29/h1-16,32H,17-21,30-31H2. The number of rotatable bonds is 13. The maximum absolute atomic E-state index is 5.67. The van der Waals surface area contributed by atoms with Gasteiger partial charge in [0, 0.05) is 25.3 Å². The van der Waals surface area contributed by atoms with Gasteiger partial charge >= 0.3 is 0 Å². The van der Waals surface area contributed by atoms with Crippen LogP contribution < -0.4 is 35.7 Å². The summed E-state index contributed by atoms with van der Waals surface area (Å²) in [6.45, 7) is 2.29. The van der Waals surface area contributed by atoms with Crippen molar-refractivity contribution in [2.75, 3.05) is 19.3 Å². The normalized spacial score (nSPS) is 10.6. The highest BCUT2D eigenvalue weighted by atomic mass is 16.7. The summed E-state index contributed by atoms with van der Waals surface area (Å²) in [7, 11) is 0. The molecule has 0 fully saturated rings. The van der Waals surface area contributed by atoms with E-state index in [9.17, 15) is 0 Å². The molecule has 0 saturated heterocycles. The molecule has 0 aromatic heterocycles. The molecule has 0 amide bonds. The molecule has 4 aromatic rings. The zero-order valence-corrected chi connectivity index (χ0v) is 20.1. The third kappa shape index (κ3) is 7.94. The number of ether oxygens (including phenoxy) is 4. The van der Waals surface area contributed by atoms with Crippen molar-refractivity contribution in [3.8, 4) is 23.0 Å². The molecule has 5 N–H and O–H groups in total. The zero-order valence-electron chi connectivity index (χ0n) is 20.1. The van der Waals surface area contributed by atoms with Crippen LogP contribution in [0.25, 0.3) is 0 Å². The third-order valence-electron chi connectivity index (χ3n) is 5.45. The van der Waals surface area contributed by atoms with Crippen LogP contribution in [-0.4, -0.2) is 13.6 Å². The number of benzene rings is 4. The lowest BCUT2D eigenvalue weighted by Crippen LogP contribution is -2.12. The molecule has 4 aromatic carbocycles. The van der Waals surface area contributed by atoms with Gasteiger partial charge in [-0.3, -0.25) is 0 Å². The Morgan fingerprint density at radius 3 is 1.17 bits per heavy atom. The second-order valence-electron chi connectivity index (χ2n) is 8.12. The van der Waals surface area contributed by atoms with Gasteiger partial charge in [-0.05, 0) is 77.4 Å². The van der Waals surface area contributed by atoms with Crippen LogP contribution in [0.3, 0.4) is 0 Å². The Labute approximate surface area is 211 Å². The molecule has 0 heterocycles. The van der Waals surface area contributed by atoms with Crippen LogP contribution in [0.15, 0.2) is 97.1 Å². The van der Waals surface area contributed by atoms with E-state index in [1.54, 1.807) is 12.1 Å². The summed E-state index contributed by atoms with van der Waals surface area (Å²) in [4.78, 5) is 0. The number of hydrogen-bond acceptors (Lipinski definition) is 7. The van der Waals surface area contributed by atoms with Gasteiger partial charge in [0.25, 0.3) is 0 Å². The summed E-state index contributed by atoms with van der Waals surface area (Å²) in [5, 5.41) is 3.45. The van der Waals surface area contributed by atoms with Crippen molar-refractivity contribution in [3.05, 3.63) is 114 Å². The largest absolute Gasteiger partial charge is 0.458 e. The highest BCUT2D eigenvalue weighted by molar-refractivity contribution is 5.41. The fourth-order valence-corrected chi connectivity index (χ4v) is 3.38. The first-order chi connectivity index (χ1) is 17.7. The van der Waals surface area contributed by atoms with Crippen molar-refractivity contribution in [1.82, 2.24) is 5.32 Å². The maximum Gasteiger partial charge on any atom is 0.230 e. The van der Waals surface area contributed by atoms with Crippen molar-refractivity contribution in [2.24, 2.45) is 5.73 Å². The van der Waals surface area contributed by atoms with Crippen LogP contribution in [-0.2, 0) is 19.6 Å². The van der Waals surface area contributed by atoms with Crippen LogP contribution >= 0.6 is 0 Å². The van der Waals surface area contributed by atoms with Crippen LogP contribution in [0.5, 0.6) is 23.0 Å². The Morgan fingerprint density at radius 2 is 0.806 bits per heavy atom. The lowest BCUT2D eigenvalue weighted by molar-refractivity contribution is 0.119. The fourth-order valence-electron chi connectivity index (χ4n) is 3.38. The number of nitrogen functional groups attached to an aromatic ring is 1. The fraction of sp³-hybridized carbons (Fsp3) is 0.172. The van der Waals surface area contributed by atoms with E-state index in [1.165, 1.54) is 11.1 Å². The van der Waals surface area contributed by atoms with Crippen molar-refractivity contribution in [3.63, 3.8) is 0 Å². The van der Waals surface area contributed by atoms with Gasteiger partial charge in [0.2, 0.25) is 13.6 Å². The minimum atomic E-state index is 0.134.